The lowest BCUT2D eigenvalue weighted by Crippen LogP contribution is -2.46. The topological polar surface area (TPSA) is 49.9 Å². The van der Waals surface area contributed by atoms with E-state index in [1.165, 1.54) is 11.1 Å². The van der Waals surface area contributed by atoms with E-state index in [1.807, 2.05) is 25.7 Å². The fourth-order valence-corrected chi connectivity index (χ4v) is 4.25. The fourth-order valence-electron chi connectivity index (χ4n) is 4.25. The van der Waals surface area contributed by atoms with Gasteiger partial charge in [-0.15, -0.1) is 0 Å². The monoisotopic (exact) mass is 328 g/mol. The Labute approximate surface area is 142 Å². The molecule has 3 aliphatic rings. The Bertz CT molecular complexity index is 707. The summed E-state index contributed by atoms with van der Waals surface area (Å²) in [4.78, 5) is 29.1. The standard InChI is InChI=1S/C19H24N2O3/c1-19(2,3)24-18(23)20-10-14-13-8-4-6-12-7-5-9-21(16(12)13)17(22)15(14)11-20/h4,6,8,14-15H,5,7,9-11H2,1-3H3. The molecule has 0 N–H and O–H groups in total. The molecule has 1 aromatic rings. The molecule has 3 aliphatic heterocycles. The van der Waals surface area contributed by atoms with Gasteiger partial charge in [0, 0.05) is 25.6 Å². The summed E-state index contributed by atoms with van der Waals surface area (Å²) in [7, 11) is 0. The van der Waals surface area contributed by atoms with Gasteiger partial charge in [0.15, 0.2) is 0 Å². The van der Waals surface area contributed by atoms with Gasteiger partial charge in [-0.05, 0) is 44.7 Å². The van der Waals surface area contributed by atoms with E-state index in [4.69, 9.17) is 4.74 Å². The van der Waals surface area contributed by atoms with Gasteiger partial charge in [-0.1, -0.05) is 18.2 Å². The maximum Gasteiger partial charge on any atom is 0.410 e. The molecule has 0 spiro atoms. The molecular formula is C19H24N2O3. The number of nitrogens with zero attached hydrogens (tertiary/aromatic N) is 2. The maximum atomic E-state index is 13.0. The van der Waals surface area contributed by atoms with Crippen molar-refractivity contribution in [3.05, 3.63) is 29.3 Å². The van der Waals surface area contributed by atoms with Crippen molar-refractivity contribution >= 4 is 17.7 Å². The van der Waals surface area contributed by atoms with E-state index in [0.717, 1.165) is 25.1 Å². The second kappa shape index (κ2) is 5.23. The molecule has 0 bridgehead atoms. The van der Waals surface area contributed by atoms with Crippen LogP contribution in [-0.2, 0) is 16.0 Å². The fraction of sp³-hybridized carbons (Fsp3) is 0.579. The zero-order valence-electron chi connectivity index (χ0n) is 14.5. The van der Waals surface area contributed by atoms with E-state index >= 15 is 0 Å². The number of carbonyl (C=O) groups excluding carboxylic acids is 2. The number of benzene rings is 1. The number of para-hydroxylation sites is 1. The quantitative estimate of drug-likeness (QED) is 0.736. The smallest absolute Gasteiger partial charge is 0.410 e. The van der Waals surface area contributed by atoms with Crippen molar-refractivity contribution in [3.8, 4) is 0 Å². The predicted molar refractivity (Wildman–Crippen MR) is 91.2 cm³/mol. The highest BCUT2D eigenvalue weighted by Gasteiger charge is 2.48. The van der Waals surface area contributed by atoms with Crippen LogP contribution < -0.4 is 4.90 Å². The number of likely N-dealkylation sites (tertiary alicyclic amines) is 1. The predicted octanol–water partition coefficient (Wildman–Crippen LogP) is 2.93. The molecule has 0 saturated carbocycles. The molecule has 128 valence electrons. The third-order valence-electron chi connectivity index (χ3n) is 5.20. The average Bonchev–Trinajstić information content (AvgIpc) is 2.96. The van der Waals surface area contributed by atoms with E-state index in [1.54, 1.807) is 4.90 Å². The molecule has 1 saturated heterocycles. The van der Waals surface area contributed by atoms with Crippen LogP contribution in [0.4, 0.5) is 10.5 Å². The van der Waals surface area contributed by atoms with E-state index in [9.17, 15) is 9.59 Å². The number of hydrogen-bond acceptors (Lipinski definition) is 3. The minimum atomic E-state index is -0.519. The van der Waals surface area contributed by atoms with Crippen molar-refractivity contribution in [2.75, 3.05) is 24.5 Å². The third kappa shape index (κ3) is 2.38. The number of rotatable bonds is 0. The van der Waals surface area contributed by atoms with Crippen LogP contribution in [0.1, 0.15) is 44.2 Å². The zero-order chi connectivity index (χ0) is 17.1. The number of hydrogen-bond donors (Lipinski definition) is 0. The Hall–Kier alpha value is -2.04. The van der Waals surface area contributed by atoms with Crippen LogP contribution in [0.3, 0.4) is 0 Å². The molecule has 24 heavy (non-hydrogen) atoms. The van der Waals surface area contributed by atoms with Gasteiger partial charge in [0.1, 0.15) is 5.60 Å². The summed E-state index contributed by atoms with van der Waals surface area (Å²) >= 11 is 0. The SMILES string of the molecule is CC(C)(C)OC(=O)N1CC2C(=O)N3CCCc4cccc(c43)C2C1. The van der Waals surface area contributed by atoms with Crippen molar-refractivity contribution in [2.24, 2.45) is 5.92 Å². The highest BCUT2D eigenvalue weighted by molar-refractivity contribution is 6.01. The van der Waals surface area contributed by atoms with Crippen molar-refractivity contribution in [1.82, 2.24) is 4.90 Å². The molecular weight excluding hydrogens is 304 g/mol. The summed E-state index contributed by atoms with van der Waals surface area (Å²) in [6.45, 7) is 7.41. The Morgan fingerprint density at radius 1 is 1.21 bits per heavy atom. The number of amides is 2. The molecule has 0 aliphatic carbocycles. The molecule has 0 radical (unpaired) electrons. The van der Waals surface area contributed by atoms with Gasteiger partial charge in [-0.25, -0.2) is 4.79 Å². The number of fused-ring (bicyclic) bond motifs is 2. The van der Waals surface area contributed by atoms with Crippen LogP contribution in [0.25, 0.3) is 0 Å². The van der Waals surface area contributed by atoms with Crippen LogP contribution >= 0.6 is 0 Å². The van der Waals surface area contributed by atoms with Crippen molar-refractivity contribution in [3.63, 3.8) is 0 Å². The van der Waals surface area contributed by atoms with Crippen LogP contribution in [-0.4, -0.2) is 42.1 Å². The second-order valence-corrected chi connectivity index (χ2v) is 8.05. The lowest BCUT2D eigenvalue weighted by molar-refractivity contribution is -0.122. The van der Waals surface area contributed by atoms with Crippen molar-refractivity contribution in [1.29, 1.82) is 0 Å². The first-order valence-corrected chi connectivity index (χ1v) is 8.76. The molecule has 5 heteroatoms. The van der Waals surface area contributed by atoms with Gasteiger partial charge in [0.2, 0.25) is 5.91 Å². The number of anilines is 1. The Balaban J connectivity index is 1.66. The first-order valence-electron chi connectivity index (χ1n) is 8.76. The number of aryl methyl sites for hydroxylation is 1. The van der Waals surface area contributed by atoms with Crippen LogP contribution in [0.5, 0.6) is 0 Å². The molecule has 2 unspecified atom stereocenters. The average molecular weight is 328 g/mol. The summed E-state index contributed by atoms with van der Waals surface area (Å²) in [5.41, 5.74) is 3.08. The Morgan fingerprint density at radius 3 is 2.71 bits per heavy atom. The summed E-state index contributed by atoms with van der Waals surface area (Å²) in [5, 5.41) is 0. The van der Waals surface area contributed by atoms with Gasteiger partial charge < -0.3 is 14.5 Å². The van der Waals surface area contributed by atoms with Gasteiger partial charge >= 0.3 is 6.09 Å². The lowest BCUT2D eigenvalue weighted by atomic mass is 9.80. The largest absolute Gasteiger partial charge is 0.444 e. The van der Waals surface area contributed by atoms with Crippen LogP contribution in [0, 0.1) is 5.92 Å². The molecule has 0 aromatic heterocycles. The molecule has 2 atom stereocenters. The minimum Gasteiger partial charge on any atom is -0.444 e. The highest BCUT2D eigenvalue weighted by atomic mass is 16.6. The van der Waals surface area contributed by atoms with E-state index in [2.05, 4.69) is 18.2 Å². The minimum absolute atomic E-state index is 0.0920. The first kappa shape index (κ1) is 15.5. The normalized spacial score (nSPS) is 25.4. The second-order valence-electron chi connectivity index (χ2n) is 8.05. The van der Waals surface area contributed by atoms with Crippen LogP contribution in [0.2, 0.25) is 0 Å². The molecule has 1 aromatic carbocycles. The number of ether oxygens (including phenoxy) is 1. The number of carbonyl (C=O) groups is 2. The van der Waals surface area contributed by atoms with Gasteiger partial charge in [0.05, 0.1) is 11.6 Å². The molecule has 4 rings (SSSR count). The van der Waals surface area contributed by atoms with Gasteiger partial charge in [-0.2, -0.15) is 0 Å². The summed E-state index contributed by atoms with van der Waals surface area (Å²) in [6.07, 6.45) is 1.72. The molecule has 3 heterocycles. The first-order chi connectivity index (χ1) is 11.3. The third-order valence-corrected chi connectivity index (χ3v) is 5.20. The Morgan fingerprint density at radius 2 is 1.96 bits per heavy atom. The van der Waals surface area contributed by atoms with E-state index < -0.39 is 5.60 Å². The molecule has 2 amide bonds. The summed E-state index contributed by atoms with van der Waals surface area (Å²) in [6, 6.07) is 6.33. The van der Waals surface area contributed by atoms with Gasteiger partial charge in [-0.3, -0.25) is 4.79 Å². The lowest BCUT2D eigenvalue weighted by Gasteiger charge is -2.39. The summed E-state index contributed by atoms with van der Waals surface area (Å²) in [5.74, 6) is 0.124. The van der Waals surface area contributed by atoms with Gasteiger partial charge in [0.25, 0.3) is 0 Å². The van der Waals surface area contributed by atoms with Crippen molar-refractivity contribution < 1.29 is 14.3 Å². The molecule has 5 nitrogen and oxygen atoms in total. The maximum absolute atomic E-state index is 13.0. The van der Waals surface area contributed by atoms with E-state index in [0.29, 0.717) is 13.1 Å². The van der Waals surface area contributed by atoms with Crippen molar-refractivity contribution in [2.45, 2.75) is 45.1 Å². The van der Waals surface area contributed by atoms with E-state index in [-0.39, 0.29) is 23.8 Å². The summed E-state index contributed by atoms with van der Waals surface area (Å²) < 4.78 is 5.50. The Kier molecular flexibility index (Phi) is 3.37. The zero-order valence-corrected chi connectivity index (χ0v) is 14.5. The highest BCUT2D eigenvalue weighted by Crippen LogP contribution is 2.46. The molecule has 1 fully saturated rings. The van der Waals surface area contributed by atoms with Crippen LogP contribution in [0.15, 0.2) is 18.2 Å².